The van der Waals surface area contributed by atoms with Crippen molar-refractivity contribution in [2.45, 2.75) is 0 Å². The van der Waals surface area contributed by atoms with Gasteiger partial charge >= 0.3 is 5.97 Å². The Labute approximate surface area is 118 Å². The highest BCUT2D eigenvalue weighted by Crippen LogP contribution is 1.97. The second kappa shape index (κ2) is 6.49. The van der Waals surface area contributed by atoms with Gasteiger partial charge in [-0.15, -0.1) is 11.3 Å². The highest BCUT2D eigenvalue weighted by Gasteiger charge is 2.14. The average Bonchev–Trinajstić information content (AvgIpc) is 2.79. The zero-order valence-electron chi connectivity index (χ0n) is 10.9. The molecule has 8 heteroatoms. The maximum atomic E-state index is 12.0. The molecule has 7 nitrogen and oxygen atoms in total. The standard InChI is InChI=1S/C12H14N2O5S/c1-18-11(16)6-8-12(17)13-9(20-8)7-10(15)14-2-4-19-5-3-14/h6-7H,2-5H2,1H3,(H,13,17)/b8-6-,9-7-. The van der Waals surface area contributed by atoms with Gasteiger partial charge in [-0.05, 0) is 0 Å². The summed E-state index contributed by atoms with van der Waals surface area (Å²) in [5.74, 6) is -0.793. The predicted molar refractivity (Wildman–Crippen MR) is 72.5 cm³/mol. The topological polar surface area (TPSA) is 88.7 Å². The molecule has 1 fully saturated rings. The molecule has 0 spiro atoms. The Kier molecular flexibility index (Phi) is 4.70. The quantitative estimate of drug-likeness (QED) is 0.640. The first-order chi connectivity index (χ1) is 9.60. The zero-order chi connectivity index (χ0) is 14.5. The molecule has 0 atom stereocenters. The van der Waals surface area contributed by atoms with E-state index < -0.39 is 11.5 Å². The lowest BCUT2D eigenvalue weighted by atomic mass is 10.4. The average molecular weight is 298 g/mol. The van der Waals surface area contributed by atoms with Crippen LogP contribution in [0.3, 0.4) is 0 Å². The number of carbonyl (C=O) groups is 2. The van der Waals surface area contributed by atoms with Crippen molar-refractivity contribution in [2.24, 2.45) is 0 Å². The molecule has 0 unspecified atom stereocenters. The summed E-state index contributed by atoms with van der Waals surface area (Å²) >= 11 is 1.04. The summed E-state index contributed by atoms with van der Waals surface area (Å²) in [7, 11) is 1.23. The number of rotatable bonds is 2. The van der Waals surface area contributed by atoms with Crippen LogP contribution in [-0.4, -0.2) is 55.2 Å². The molecule has 1 aromatic heterocycles. The third-order valence-electron chi connectivity index (χ3n) is 2.71. The van der Waals surface area contributed by atoms with E-state index >= 15 is 0 Å². The number of H-pyrrole nitrogens is 1. The molecule has 1 amide bonds. The number of ether oxygens (including phenoxy) is 2. The number of amides is 1. The van der Waals surface area contributed by atoms with Crippen molar-refractivity contribution in [2.75, 3.05) is 33.4 Å². The lowest BCUT2D eigenvalue weighted by molar-refractivity contribution is -0.133. The molecule has 1 saturated heterocycles. The van der Waals surface area contributed by atoms with Crippen molar-refractivity contribution in [1.29, 1.82) is 0 Å². The summed E-state index contributed by atoms with van der Waals surface area (Å²) in [5.41, 5.74) is -0.415. The molecule has 1 aliphatic rings. The smallest absolute Gasteiger partial charge is 0.332 e. The van der Waals surface area contributed by atoms with Gasteiger partial charge in [0, 0.05) is 25.2 Å². The molecule has 1 aliphatic heterocycles. The van der Waals surface area contributed by atoms with Gasteiger partial charge in [0.15, 0.2) is 0 Å². The molecule has 1 N–H and O–H groups in total. The number of esters is 1. The van der Waals surface area contributed by atoms with E-state index in [0.717, 1.165) is 17.4 Å². The fourth-order valence-corrected chi connectivity index (χ4v) is 2.52. The van der Waals surface area contributed by atoms with E-state index in [0.29, 0.717) is 31.0 Å². The molecule has 20 heavy (non-hydrogen) atoms. The third-order valence-corrected chi connectivity index (χ3v) is 3.67. The van der Waals surface area contributed by atoms with Crippen LogP contribution in [0.2, 0.25) is 0 Å². The van der Waals surface area contributed by atoms with Crippen molar-refractivity contribution in [3.8, 4) is 0 Å². The van der Waals surface area contributed by atoms with Crippen LogP contribution in [0.25, 0.3) is 12.2 Å². The Morgan fingerprint density at radius 2 is 2.05 bits per heavy atom. The van der Waals surface area contributed by atoms with Gasteiger partial charge in [-0.3, -0.25) is 9.59 Å². The lowest BCUT2D eigenvalue weighted by Crippen LogP contribution is -2.40. The number of aromatic amines is 1. The van der Waals surface area contributed by atoms with Crippen molar-refractivity contribution >= 4 is 35.4 Å². The Morgan fingerprint density at radius 3 is 2.70 bits per heavy atom. The monoisotopic (exact) mass is 298 g/mol. The Balaban J connectivity index is 2.25. The molecule has 0 bridgehead atoms. The van der Waals surface area contributed by atoms with Crippen molar-refractivity contribution in [3.05, 3.63) is 19.5 Å². The van der Waals surface area contributed by atoms with Gasteiger partial charge in [-0.1, -0.05) is 0 Å². The molecule has 0 aromatic carbocycles. The van der Waals surface area contributed by atoms with Gasteiger partial charge < -0.3 is 19.4 Å². The van der Waals surface area contributed by atoms with Crippen molar-refractivity contribution < 1.29 is 19.1 Å². The van der Waals surface area contributed by atoms with Crippen molar-refractivity contribution in [3.63, 3.8) is 0 Å². The number of nitrogens with zero attached hydrogens (tertiary/aromatic N) is 1. The molecular formula is C12H14N2O5S. The van der Waals surface area contributed by atoms with E-state index in [1.54, 1.807) is 4.90 Å². The summed E-state index contributed by atoms with van der Waals surface area (Å²) < 4.78 is 10.2. The van der Waals surface area contributed by atoms with Gasteiger partial charge in [-0.25, -0.2) is 4.79 Å². The van der Waals surface area contributed by atoms with Crippen LogP contribution >= 0.6 is 11.3 Å². The molecular weight excluding hydrogens is 284 g/mol. The summed E-state index contributed by atoms with van der Waals surface area (Å²) in [5, 5.41) is 0. The molecule has 108 valence electrons. The predicted octanol–water partition coefficient (Wildman–Crippen LogP) is -1.97. The number of thiazole rings is 1. The number of methoxy groups -OCH3 is 1. The number of aromatic nitrogens is 1. The minimum atomic E-state index is -0.608. The summed E-state index contributed by atoms with van der Waals surface area (Å²) in [6.07, 6.45) is 2.45. The van der Waals surface area contributed by atoms with E-state index in [4.69, 9.17) is 4.74 Å². The summed E-state index contributed by atoms with van der Waals surface area (Å²) in [6.45, 7) is 2.10. The van der Waals surface area contributed by atoms with E-state index in [2.05, 4.69) is 9.72 Å². The number of carbonyl (C=O) groups excluding carboxylic acids is 2. The van der Waals surface area contributed by atoms with Gasteiger partial charge in [0.05, 0.1) is 20.3 Å². The second-order valence-corrected chi connectivity index (χ2v) is 5.12. The van der Waals surface area contributed by atoms with Crippen LogP contribution in [0.15, 0.2) is 4.79 Å². The molecule has 2 rings (SSSR count). The maximum Gasteiger partial charge on any atom is 0.332 e. The molecule has 0 radical (unpaired) electrons. The van der Waals surface area contributed by atoms with Crippen LogP contribution < -0.4 is 14.8 Å². The number of nitrogens with one attached hydrogen (secondary N) is 1. The SMILES string of the molecule is COC(=O)/C=c1\s/c(=C\C(=O)N2CCOCC2)[nH]c1=O. The highest BCUT2D eigenvalue weighted by molar-refractivity contribution is 7.07. The Hall–Kier alpha value is -1.93. The van der Waals surface area contributed by atoms with Gasteiger partial charge in [0.1, 0.15) is 9.20 Å². The Bertz CT molecular complexity index is 669. The first-order valence-electron chi connectivity index (χ1n) is 5.97. The Morgan fingerprint density at radius 1 is 1.35 bits per heavy atom. The molecule has 2 heterocycles. The number of morpholine rings is 1. The van der Waals surface area contributed by atoms with E-state index in [9.17, 15) is 14.4 Å². The first kappa shape index (κ1) is 14.5. The van der Waals surface area contributed by atoms with E-state index in [1.807, 2.05) is 0 Å². The first-order valence-corrected chi connectivity index (χ1v) is 6.79. The molecule has 1 aromatic rings. The summed E-state index contributed by atoms with van der Waals surface area (Å²) in [4.78, 5) is 38.8. The van der Waals surface area contributed by atoms with Crippen LogP contribution in [0.4, 0.5) is 0 Å². The lowest BCUT2D eigenvalue weighted by Gasteiger charge is -2.25. The normalized spacial score (nSPS) is 17.4. The van der Waals surface area contributed by atoms with Crippen LogP contribution in [0, 0.1) is 0 Å². The van der Waals surface area contributed by atoms with Gasteiger partial charge in [-0.2, -0.15) is 0 Å². The minimum Gasteiger partial charge on any atom is -0.466 e. The summed E-state index contributed by atoms with van der Waals surface area (Å²) in [6, 6.07) is 0. The minimum absolute atomic E-state index is 0.185. The fourth-order valence-electron chi connectivity index (χ4n) is 1.68. The molecule has 0 saturated carbocycles. The fraction of sp³-hybridized carbons (Fsp3) is 0.417. The maximum absolute atomic E-state index is 12.0. The second-order valence-electron chi connectivity index (χ2n) is 4.03. The highest BCUT2D eigenvalue weighted by atomic mass is 32.1. The van der Waals surface area contributed by atoms with Crippen LogP contribution in [-0.2, 0) is 19.1 Å². The van der Waals surface area contributed by atoms with Gasteiger partial charge in [0.2, 0.25) is 5.91 Å². The van der Waals surface area contributed by atoms with Gasteiger partial charge in [0.25, 0.3) is 5.56 Å². The van der Waals surface area contributed by atoms with E-state index in [-0.39, 0.29) is 10.4 Å². The molecule has 0 aliphatic carbocycles. The number of hydrogen-bond donors (Lipinski definition) is 1. The van der Waals surface area contributed by atoms with Crippen LogP contribution in [0.1, 0.15) is 0 Å². The van der Waals surface area contributed by atoms with E-state index in [1.165, 1.54) is 13.2 Å². The number of hydrogen-bond acceptors (Lipinski definition) is 6. The third kappa shape index (κ3) is 3.55. The zero-order valence-corrected chi connectivity index (χ0v) is 11.7. The largest absolute Gasteiger partial charge is 0.466 e. The van der Waals surface area contributed by atoms with Crippen molar-refractivity contribution in [1.82, 2.24) is 9.88 Å². The van der Waals surface area contributed by atoms with Crippen LogP contribution in [0.5, 0.6) is 0 Å².